The normalized spacial score (nSPS) is 15.6. The van der Waals surface area contributed by atoms with E-state index in [1.807, 2.05) is 31.2 Å². The predicted molar refractivity (Wildman–Crippen MR) is 136 cm³/mol. The van der Waals surface area contributed by atoms with Crippen LogP contribution in [0, 0.1) is 0 Å². The van der Waals surface area contributed by atoms with Crippen LogP contribution >= 0.6 is 0 Å². The molecule has 2 amide bonds. The van der Waals surface area contributed by atoms with E-state index in [1.165, 1.54) is 38.1 Å². The summed E-state index contributed by atoms with van der Waals surface area (Å²) >= 11 is 0. The van der Waals surface area contributed by atoms with Gasteiger partial charge in [-0.2, -0.15) is 4.68 Å². The highest BCUT2D eigenvalue weighted by Crippen LogP contribution is 2.43. The number of benzene rings is 2. The highest BCUT2D eigenvalue weighted by Gasteiger charge is 2.44. The number of fused-ring (bicyclic) bond motifs is 1. The quantitative estimate of drug-likeness (QED) is 0.352. The molecule has 0 saturated carbocycles. The van der Waals surface area contributed by atoms with Gasteiger partial charge in [-0.15, -0.1) is 0 Å². The third-order valence-electron chi connectivity index (χ3n) is 6.50. The number of imide groups is 1. The van der Waals surface area contributed by atoms with Crippen molar-refractivity contribution in [1.82, 2.24) is 19.7 Å². The molecule has 1 saturated heterocycles. The fourth-order valence-corrected chi connectivity index (χ4v) is 4.81. The van der Waals surface area contributed by atoms with E-state index in [0.29, 0.717) is 40.8 Å². The lowest BCUT2D eigenvalue weighted by Gasteiger charge is -2.19. The molecule has 192 valence electrons. The molecule has 0 radical (unpaired) electrons. The van der Waals surface area contributed by atoms with E-state index in [9.17, 15) is 14.4 Å². The van der Waals surface area contributed by atoms with Crippen molar-refractivity contribution in [2.45, 2.75) is 32.1 Å². The minimum atomic E-state index is -0.942. The van der Waals surface area contributed by atoms with Crippen molar-refractivity contribution >= 4 is 28.5 Å². The van der Waals surface area contributed by atoms with Gasteiger partial charge in [0, 0.05) is 24.2 Å². The van der Waals surface area contributed by atoms with E-state index in [4.69, 9.17) is 14.2 Å². The molecule has 1 atom stereocenters. The first kappa shape index (κ1) is 24.2. The zero-order valence-electron chi connectivity index (χ0n) is 21.0. The average Bonchev–Trinajstić information content (AvgIpc) is 3.55. The van der Waals surface area contributed by atoms with E-state index in [2.05, 4.69) is 15.1 Å². The number of aromatic nitrogens is 4. The van der Waals surface area contributed by atoms with Crippen molar-refractivity contribution in [2.75, 3.05) is 26.2 Å². The molecular formula is C26H27N5O6. The highest BCUT2D eigenvalue weighted by atomic mass is 16.5. The van der Waals surface area contributed by atoms with Gasteiger partial charge in [-0.3, -0.25) is 19.5 Å². The number of amides is 2. The number of aromatic amines is 2. The molecule has 11 heteroatoms. The van der Waals surface area contributed by atoms with Crippen LogP contribution in [0.2, 0.25) is 0 Å². The van der Waals surface area contributed by atoms with Crippen LogP contribution in [-0.4, -0.2) is 52.9 Å². The van der Waals surface area contributed by atoms with Gasteiger partial charge >= 0.3 is 0 Å². The van der Waals surface area contributed by atoms with Gasteiger partial charge in [0.05, 0.1) is 49.5 Å². The van der Waals surface area contributed by atoms with Gasteiger partial charge in [-0.1, -0.05) is 25.5 Å². The molecule has 0 unspecified atom stereocenters. The fraction of sp³-hybridized carbons (Fsp3) is 0.308. The molecular weight excluding hydrogens is 478 g/mol. The summed E-state index contributed by atoms with van der Waals surface area (Å²) in [5, 5.41) is 3.12. The lowest BCUT2D eigenvalue weighted by atomic mass is 9.96. The molecule has 2 N–H and O–H groups in total. The van der Waals surface area contributed by atoms with Crippen molar-refractivity contribution in [1.29, 1.82) is 0 Å². The summed E-state index contributed by atoms with van der Waals surface area (Å²) in [7, 11) is 4.38. The van der Waals surface area contributed by atoms with Crippen LogP contribution in [0.3, 0.4) is 0 Å². The summed E-state index contributed by atoms with van der Waals surface area (Å²) in [6.07, 6.45) is 1.12. The standard InChI is InChI=1S/C26H27N5O6/c1-5-8-18-22(25(34)31(29-18)26-27-16-9-6-7-10-17(16)28-26)15-13-21(32)30(24(15)33)14-11-19(35-2)23(37-4)20(12-14)36-3/h6-7,9-12,15,29H,5,8,13H2,1-4H3,(H,27,28)/t15-/m0/s1. The third-order valence-corrected chi connectivity index (χ3v) is 6.50. The number of carbonyl (C=O) groups excluding carboxylic acids is 2. The summed E-state index contributed by atoms with van der Waals surface area (Å²) < 4.78 is 17.4. The Kier molecular flexibility index (Phi) is 6.20. The fourth-order valence-electron chi connectivity index (χ4n) is 4.81. The number of anilines is 1. The number of H-pyrrole nitrogens is 2. The lowest BCUT2D eigenvalue weighted by molar-refractivity contribution is -0.121. The highest BCUT2D eigenvalue weighted by molar-refractivity contribution is 6.23. The third kappa shape index (κ3) is 3.92. The maximum absolute atomic E-state index is 13.7. The van der Waals surface area contributed by atoms with Gasteiger partial charge in [-0.25, -0.2) is 9.88 Å². The smallest absolute Gasteiger partial charge is 0.278 e. The topological polar surface area (TPSA) is 132 Å². The first-order chi connectivity index (χ1) is 17.9. The Morgan fingerprint density at radius 3 is 2.35 bits per heavy atom. The number of aryl methyl sites for hydroxylation is 1. The van der Waals surface area contributed by atoms with Gasteiger partial charge in [0.25, 0.3) is 5.56 Å². The molecule has 0 spiro atoms. The predicted octanol–water partition coefficient (Wildman–Crippen LogP) is 3.07. The monoisotopic (exact) mass is 505 g/mol. The molecule has 0 bridgehead atoms. The van der Waals surface area contributed by atoms with E-state index in [-0.39, 0.29) is 17.7 Å². The average molecular weight is 506 g/mol. The second-order valence-corrected chi connectivity index (χ2v) is 8.68. The van der Waals surface area contributed by atoms with Crippen LogP contribution in [0.15, 0.2) is 41.2 Å². The number of nitrogens with zero attached hydrogens (tertiary/aromatic N) is 3. The van der Waals surface area contributed by atoms with Gasteiger partial charge in [0.1, 0.15) is 0 Å². The van der Waals surface area contributed by atoms with E-state index >= 15 is 0 Å². The number of hydrogen-bond donors (Lipinski definition) is 2. The minimum absolute atomic E-state index is 0.139. The van der Waals surface area contributed by atoms with Crippen LogP contribution in [-0.2, 0) is 16.0 Å². The van der Waals surface area contributed by atoms with Crippen molar-refractivity contribution in [3.63, 3.8) is 0 Å². The molecule has 3 heterocycles. The summed E-state index contributed by atoms with van der Waals surface area (Å²) in [6, 6.07) is 10.5. The van der Waals surface area contributed by atoms with E-state index in [1.54, 1.807) is 0 Å². The number of para-hydroxylation sites is 2. The molecule has 2 aromatic carbocycles. The summed E-state index contributed by atoms with van der Waals surface area (Å²) in [5.41, 5.74) is 2.22. The van der Waals surface area contributed by atoms with Gasteiger partial charge < -0.3 is 19.2 Å². The molecule has 4 aromatic rings. The first-order valence-corrected chi connectivity index (χ1v) is 11.9. The molecule has 37 heavy (non-hydrogen) atoms. The van der Waals surface area contributed by atoms with Gasteiger partial charge in [0.15, 0.2) is 11.5 Å². The Balaban J connectivity index is 1.58. The van der Waals surface area contributed by atoms with E-state index in [0.717, 1.165) is 16.8 Å². The van der Waals surface area contributed by atoms with Crippen LogP contribution < -0.4 is 24.7 Å². The second kappa shape index (κ2) is 9.49. The summed E-state index contributed by atoms with van der Waals surface area (Å²) in [5.74, 6) is -0.598. The van der Waals surface area contributed by atoms with Crippen LogP contribution in [0.25, 0.3) is 17.0 Å². The summed E-state index contributed by atoms with van der Waals surface area (Å²) in [6.45, 7) is 1.98. The largest absolute Gasteiger partial charge is 0.493 e. The molecule has 1 aliphatic rings. The minimum Gasteiger partial charge on any atom is -0.493 e. The molecule has 11 nitrogen and oxygen atoms in total. The van der Waals surface area contributed by atoms with Gasteiger partial charge in [-0.05, 0) is 18.6 Å². The number of ether oxygens (including phenoxy) is 3. The number of nitrogens with one attached hydrogen (secondary N) is 2. The number of rotatable bonds is 8. The SMILES string of the molecule is CCCc1[nH]n(-c2nc3ccccc3[nH]2)c(=O)c1[C@@H]1CC(=O)N(c2cc(OC)c(OC)c(OC)c2)C1=O. The summed E-state index contributed by atoms with van der Waals surface area (Å²) in [4.78, 5) is 49.2. The van der Waals surface area contributed by atoms with E-state index < -0.39 is 23.3 Å². The zero-order valence-corrected chi connectivity index (χ0v) is 21.0. The number of carbonyl (C=O) groups is 2. The van der Waals surface area contributed by atoms with Crippen LogP contribution in [0.4, 0.5) is 5.69 Å². The number of hydrogen-bond acceptors (Lipinski definition) is 7. The van der Waals surface area contributed by atoms with Crippen LogP contribution in [0.1, 0.15) is 36.9 Å². The first-order valence-electron chi connectivity index (χ1n) is 11.9. The Morgan fingerprint density at radius 2 is 1.73 bits per heavy atom. The Labute approximate surface area is 211 Å². The van der Waals surface area contributed by atoms with Crippen LogP contribution in [0.5, 0.6) is 17.2 Å². The molecule has 0 aliphatic carbocycles. The Bertz CT molecular complexity index is 1510. The van der Waals surface area contributed by atoms with Crippen molar-refractivity contribution < 1.29 is 23.8 Å². The van der Waals surface area contributed by atoms with Crippen molar-refractivity contribution in [3.8, 4) is 23.2 Å². The molecule has 5 rings (SSSR count). The molecule has 1 aliphatic heterocycles. The second-order valence-electron chi connectivity index (χ2n) is 8.68. The molecule has 1 fully saturated rings. The van der Waals surface area contributed by atoms with Crippen molar-refractivity contribution in [3.05, 3.63) is 58.0 Å². The maximum Gasteiger partial charge on any atom is 0.278 e. The van der Waals surface area contributed by atoms with Gasteiger partial charge in [0.2, 0.25) is 23.5 Å². The number of imidazole rings is 1. The zero-order chi connectivity index (χ0) is 26.3. The Hall–Kier alpha value is -4.54. The Morgan fingerprint density at radius 1 is 1.03 bits per heavy atom. The molecule has 2 aromatic heterocycles. The number of methoxy groups -OCH3 is 3. The van der Waals surface area contributed by atoms with Crippen molar-refractivity contribution in [2.24, 2.45) is 0 Å². The lowest BCUT2D eigenvalue weighted by Crippen LogP contribution is -2.31. The maximum atomic E-state index is 13.7.